The third-order valence-corrected chi connectivity index (χ3v) is 4.99. The van der Waals surface area contributed by atoms with Crippen LogP contribution in [0.25, 0.3) is 11.0 Å². The van der Waals surface area contributed by atoms with Gasteiger partial charge in [-0.25, -0.2) is 4.68 Å². The number of carbonyl (C=O) groups is 1. The lowest BCUT2D eigenvalue weighted by molar-refractivity contribution is -0.123. The summed E-state index contributed by atoms with van der Waals surface area (Å²) in [5, 5.41) is 25.2. The van der Waals surface area contributed by atoms with E-state index >= 15 is 0 Å². The van der Waals surface area contributed by atoms with Crippen LogP contribution in [0.2, 0.25) is 0 Å². The van der Waals surface area contributed by atoms with Gasteiger partial charge in [-0.2, -0.15) is 5.10 Å². The van der Waals surface area contributed by atoms with Crippen molar-refractivity contribution in [1.29, 1.82) is 0 Å². The molecule has 4 rings (SSSR count). The number of carbonyl (C=O) groups excluding carboxylic acids is 1. The van der Waals surface area contributed by atoms with Crippen LogP contribution in [0.1, 0.15) is 30.9 Å². The number of para-hydroxylation sites is 1. The zero-order valence-corrected chi connectivity index (χ0v) is 14.6. The molecule has 2 N–H and O–H groups in total. The van der Waals surface area contributed by atoms with Crippen molar-refractivity contribution in [2.24, 2.45) is 13.0 Å². The van der Waals surface area contributed by atoms with Crippen molar-refractivity contribution in [2.75, 3.05) is 0 Å². The molecule has 1 atom stereocenters. The van der Waals surface area contributed by atoms with E-state index in [1.807, 2.05) is 37.5 Å². The largest absolute Gasteiger partial charge is 0.393 e. The number of aryl methyl sites for hydroxylation is 2. The number of nitrogens with zero attached hydrogens (tertiary/aromatic N) is 5. The first-order chi connectivity index (χ1) is 12.6. The Hall–Kier alpha value is -2.74. The molecule has 26 heavy (non-hydrogen) atoms. The summed E-state index contributed by atoms with van der Waals surface area (Å²) in [5.41, 5.74) is 2.72. The van der Waals surface area contributed by atoms with Crippen LogP contribution in [0.5, 0.6) is 0 Å². The van der Waals surface area contributed by atoms with E-state index in [1.165, 1.54) is 0 Å². The summed E-state index contributed by atoms with van der Waals surface area (Å²) < 4.78 is 3.48. The minimum atomic E-state index is -0.266. The van der Waals surface area contributed by atoms with Gasteiger partial charge in [-0.15, -0.1) is 5.10 Å². The molecule has 2 aromatic heterocycles. The average Bonchev–Trinajstić information content (AvgIpc) is 3.22. The fraction of sp³-hybridized carbons (Fsp3) is 0.444. The summed E-state index contributed by atoms with van der Waals surface area (Å²) in [5.74, 6) is 0.199. The second-order valence-corrected chi connectivity index (χ2v) is 6.93. The van der Waals surface area contributed by atoms with Gasteiger partial charge in [-0.1, -0.05) is 17.3 Å². The topological polar surface area (TPSA) is 97.9 Å². The normalized spacial score (nSPS) is 20.7. The molecule has 8 heteroatoms. The molecule has 0 spiro atoms. The van der Waals surface area contributed by atoms with Gasteiger partial charge in [0.05, 0.1) is 30.4 Å². The van der Waals surface area contributed by atoms with Crippen molar-refractivity contribution < 1.29 is 9.90 Å². The lowest BCUT2D eigenvalue weighted by atomic mass is 9.75. The molecule has 0 saturated heterocycles. The third kappa shape index (κ3) is 3.32. The molecule has 1 aromatic carbocycles. The first-order valence-corrected chi connectivity index (χ1v) is 8.84. The molecule has 8 nitrogen and oxygen atoms in total. The molecule has 0 radical (unpaired) electrons. The number of aliphatic hydroxyl groups excluding tert-OH is 1. The van der Waals surface area contributed by atoms with Crippen molar-refractivity contribution in [1.82, 2.24) is 30.1 Å². The van der Waals surface area contributed by atoms with E-state index < -0.39 is 0 Å². The Morgan fingerprint density at radius 2 is 2.19 bits per heavy atom. The van der Waals surface area contributed by atoms with E-state index in [0.29, 0.717) is 25.8 Å². The van der Waals surface area contributed by atoms with Gasteiger partial charge >= 0.3 is 0 Å². The second-order valence-electron chi connectivity index (χ2n) is 6.93. The van der Waals surface area contributed by atoms with Crippen LogP contribution in [0.15, 0.2) is 36.7 Å². The summed E-state index contributed by atoms with van der Waals surface area (Å²) in [6.45, 7) is 0.472. The fourth-order valence-electron chi connectivity index (χ4n) is 3.51. The number of amides is 1. The molecule has 1 amide bonds. The standard InChI is InChI=1S/C18H22N6O2/c1-23-11-13(10-19-23)18(12-8-14(25)9-12)20-17(26)6-7-24-16-5-3-2-4-15(16)21-22-24/h2-5,10-12,14,18,25H,6-9H2,1H3,(H,20,26)/t12?,14?,18-/m0/s1. The summed E-state index contributed by atoms with van der Waals surface area (Å²) in [6.07, 6.45) is 5.15. The van der Waals surface area contributed by atoms with Gasteiger partial charge in [0.25, 0.3) is 0 Å². The number of hydrogen-bond donors (Lipinski definition) is 2. The molecule has 1 saturated carbocycles. The number of benzene rings is 1. The second kappa shape index (κ2) is 6.87. The Kier molecular flexibility index (Phi) is 4.42. The van der Waals surface area contributed by atoms with Crippen molar-refractivity contribution in [2.45, 2.75) is 38.0 Å². The molecule has 1 fully saturated rings. The van der Waals surface area contributed by atoms with Crippen LogP contribution in [-0.4, -0.2) is 41.9 Å². The smallest absolute Gasteiger partial charge is 0.222 e. The highest BCUT2D eigenvalue weighted by atomic mass is 16.3. The monoisotopic (exact) mass is 354 g/mol. The van der Waals surface area contributed by atoms with E-state index in [4.69, 9.17) is 0 Å². The van der Waals surface area contributed by atoms with Crippen LogP contribution >= 0.6 is 0 Å². The minimum Gasteiger partial charge on any atom is -0.393 e. The summed E-state index contributed by atoms with van der Waals surface area (Å²) in [4.78, 5) is 12.5. The van der Waals surface area contributed by atoms with Crippen molar-refractivity contribution in [3.05, 3.63) is 42.2 Å². The molecule has 136 valence electrons. The third-order valence-electron chi connectivity index (χ3n) is 4.99. The Morgan fingerprint density at radius 1 is 1.38 bits per heavy atom. The number of aliphatic hydroxyl groups is 1. The van der Waals surface area contributed by atoms with Gasteiger partial charge in [-0.3, -0.25) is 9.48 Å². The van der Waals surface area contributed by atoms with E-state index in [-0.39, 0.29) is 24.0 Å². The van der Waals surface area contributed by atoms with Gasteiger partial charge < -0.3 is 10.4 Å². The molecule has 2 heterocycles. The van der Waals surface area contributed by atoms with E-state index in [1.54, 1.807) is 15.6 Å². The highest BCUT2D eigenvalue weighted by molar-refractivity contribution is 5.77. The average molecular weight is 354 g/mol. The van der Waals surface area contributed by atoms with Crippen LogP contribution in [0.3, 0.4) is 0 Å². The molecular formula is C18H22N6O2. The van der Waals surface area contributed by atoms with E-state index in [9.17, 15) is 9.90 Å². The predicted molar refractivity (Wildman–Crippen MR) is 95.0 cm³/mol. The molecule has 0 unspecified atom stereocenters. The first kappa shape index (κ1) is 16.7. The van der Waals surface area contributed by atoms with Crippen molar-refractivity contribution in [3.8, 4) is 0 Å². The lowest BCUT2D eigenvalue weighted by Crippen LogP contribution is -2.41. The molecule has 1 aliphatic carbocycles. The number of aromatic nitrogens is 5. The van der Waals surface area contributed by atoms with E-state index in [2.05, 4.69) is 20.7 Å². The van der Waals surface area contributed by atoms with E-state index in [0.717, 1.165) is 16.6 Å². The highest BCUT2D eigenvalue weighted by Crippen LogP contribution is 2.38. The molecular weight excluding hydrogens is 332 g/mol. The summed E-state index contributed by atoms with van der Waals surface area (Å²) in [6, 6.07) is 7.58. The minimum absolute atomic E-state index is 0.0418. The Morgan fingerprint density at radius 3 is 2.92 bits per heavy atom. The fourth-order valence-corrected chi connectivity index (χ4v) is 3.51. The maximum absolute atomic E-state index is 12.5. The van der Waals surface area contributed by atoms with Gasteiger partial charge in [0.15, 0.2) is 0 Å². The highest BCUT2D eigenvalue weighted by Gasteiger charge is 2.36. The van der Waals surface area contributed by atoms with Crippen molar-refractivity contribution >= 4 is 16.9 Å². The number of rotatable bonds is 6. The molecule has 0 aliphatic heterocycles. The van der Waals surface area contributed by atoms with Crippen LogP contribution < -0.4 is 5.32 Å². The lowest BCUT2D eigenvalue weighted by Gasteiger charge is -2.37. The predicted octanol–water partition coefficient (Wildman–Crippen LogP) is 1.18. The Bertz CT molecular complexity index is 911. The van der Waals surface area contributed by atoms with Crippen LogP contribution in [0.4, 0.5) is 0 Å². The molecule has 0 bridgehead atoms. The van der Waals surface area contributed by atoms with Gasteiger partial charge in [0, 0.05) is 25.2 Å². The number of hydrogen-bond acceptors (Lipinski definition) is 5. The van der Waals surface area contributed by atoms with Crippen LogP contribution in [0, 0.1) is 5.92 Å². The van der Waals surface area contributed by atoms with Gasteiger partial charge in [-0.05, 0) is 30.9 Å². The SMILES string of the molecule is Cn1cc([C@@H](NC(=O)CCn2nnc3ccccc32)C2CC(O)C2)cn1. The van der Waals surface area contributed by atoms with Crippen molar-refractivity contribution in [3.63, 3.8) is 0 Å². The maximum Gasteiger partial charge on any atom is 0.222 e. The van der Waals surface area contributed by atoms with Crippen LogP contribution in [-0.2, 0) is 18.4 Å². The van der Waals surface area contributed by atoms with Gasteiger partial charge in [0.2, 0.25) is 5.91 Å². The summed E-state index contributed by atoms with van der Waals surface area (Å²) in [7, 11) is 1.85. The zero-order chi connectivity index (χ0) is 18.1. The number of fused-ring (bicyclic) bond motifs is 1. The number of nitrogens with one attached hydrogen (secondary N) is 1. The Labute approximate surface area is 150 Å². The maximum atomic E-state index is 12.5. The molecule has 3 aromatic rings. The van der Waals surface area contributed by atoms with Gasteiger partial charge in [0.1, 0.15) is 5.52 Å². The molecule has 1 aliphatic rings. The summed E-state index contributed by atoms with van der Waals surface area (Å²) >= 11 is 0. The quantitative estimate of drug-likeness (QED) is 0.693. The Balaban J connectivity index is 1.41. The first-order valence-electron chi connectivity index (χ1n) is 8.84. The zero-order valence-electron chi connectivity index (χ0n) is 14.6.